The van der Waals surface area contributed by atoms with E-state index in [0.717, 1.165) is 12.1 Å². The van der Waals surface area contributed by atoms with E-state index < -0.39 is 84.6 Å². The summed E-state index contributed by atoms with van der Waals surface area (Å²) in [7, 11) is 0. The molecular formula is C26H28O15. The quantitative estimate of drug-likeness (QED) is 0.156. The summed E-state index contributed by atoms with van der Waals surface area (Å²) in [6.45, 7) is -0.918. The first-order valence-corrected chi connectivity index (χ1v) is 12.4. The molecule has 2 fully saturated rings. The number of aliphatic hydroxyl groups excluding tert-OH is 6. The highest BCUT2D eigenvalue weighted by Crippen LogP contribution is 2.37. The van der Waals surface area contributed by atoms with E-state index in [1.807, 2.05) is 0 Å². The van der Waals surface area contributed by atoms with Gasteiger partial charge >= 0.3 is 0 Å². The van der Waals surface area contributed by atoms with Crippen LogP contribution >= 0.6 is 0 Å². The van der Waals surface area contributed by atoms with Crippen LogP contribution in [0, 0.1) is 0 Å². The van der Waals surface area contributed by atoms with Crippen LogP contribution in [0.5, 0.6) is 23.0 Å². The lowest BCUT2D eigenvalue weighted by molar-refractivity contribution is -0.307. The Morgan fingerprint density at radius 1 is 0.805 bits per heavy atom. The maximum atomic E-state index is 13.5. The third kappa shape index (κ3) is 5.54. The fourth-order valence-corrected chi connectivity index (χ4v) is 4.56. The van der Waals surface area contributed by atoms with Crippen molar-refractivity contribution >= 4 is 11.0 Å². The molecule has 0 saturated carbocycles. The van der Waals surface area contributed by atoms with Crippen LogP contribution in [0.25, 0.3) is 22.3 Å². The SMILES string of the molecule is O=c1c(O[C@@H]2O[C@H](COC3OC[C@H](O)[C@H](O)[C@H]3O)[C@H](O)[C@H](O)[C@H]2O)c(-c2ccc(O)cc2)oc2cc(O)cc(O)c12. The van der Waals surface area contributed by atoms with Crippen molar-refractivity contribution < 1.29 is 69.3 Å². The third-order valence-corrected chi connectivity index (χ3v) is 6.83. The van der Waals surface area contributed by atoms with Crippen molar-refractivity contribution in [3.8, 4) is 34.3 Å². The van der Waals surface area contributed by atoms with Crippen molar-refractivity contribution in [3.05, 3.63) is 46.6 Å². The van der Waals surface area contributed by atoms with Gasteiger partial charge in [0.15, 0.2) is 12.1 Å². The molecule has 1 aromatic heterocycles. The molecule has 41 heavy (non-hydrogen) atoms. The molecule has 0 spiro atoms. The first-order valence-electron chi connectivity index (χ1n) is 12.4. The molecule has 9 N–H and O–H groups in total. The second kappa shape index (κ2) is 11.4. The minimum absolute atomic E-state index is 0.102. The van der Waals surface area contributed by atoms with Gasteiger partial charge in [0.25, 0.3) is 0 Å². The van der Waals surface area contributed by atoms with E-state index in [-0.39, 0.29) is 34.6 Å². The molecule has 0 radical (unpaired) electrons. The molecule has 3 heterocycles. The Balaban J connectivity index is 1.46. The van der Waals surface area contributed by atoms with Crippen LogP contribution in [-0.2, 0) is 14.2 Å². The predicted molar refractivity (Wildman–Crippen MR) is 134 cm³/mol. The Morgan fingerprint density at radius 3 is 2.20 bits per heavy atom. The Kier molecular flexibility index (Phi) is 8.06. The zero-order valence-electron chi connectivity index (χ0n) is 21.0. The van der Waals surface area contributed by atoms with Gasteiger partial charge in [-0.2, -0.15) is 0 Å². The minimum Gasteiger partial charge on any atom is -0.508 e. The maximum Gasteiger partial charge on any atom is 0.239 e. The lowest BCUT2D eigenvalue weighted by Gasteiger charge is -2.41. The lowest BCUT2D eigenvalue weighted by Crippen LogP contribution is -2.61. The van der Waals surface area contributed by atoms with Gasteiger partial charge in [-0.3, -0.25) is 4.79 Å². The minimum atomic E-state index is -1.91. The fraction of sp³-hybridized carbons (Fsp3) is 0.423. The number of aromatic hydroxyl groups is 3. The van der Waals surface area contributed by atoms with Crippen LogP contribution in [0.1, 0.15) is 0 Å². The van der Waals surface area contributed by atoms with Crippen molar-refractivity contribution in [3.63, 3.8) is 0 Å². The standard InChI is InChI=1S/C26H28O15/c27-10-3-1-9(2-4-10)23-24(19(33)16-12(29)5-11(28)6-14(16)39-23)41-26-22(36)20(34)18(32)15(40-26)8-38-25-21(35)17(31)13(30)7-37-25/h1-6,13,15,17-18,20-22,25-32,34-36H,7-8H2/t13-,15+,17-,18-,20-,21+,22+,25?,26-/m0/s1. The number of ether oxygens (including phenoxy) is 4. The number of fused-ring (bicyclic) bond motifs is 1. The Hall–Kier alpha value is -3.51. The summed E-state index contributed by atoms with van der Waals surface area (Å²) in [6, 6.07) is 7.33. The highest BCUT2D eigenvalue weighted by molar-refractivity contribution is 5.88. The summed E-state index contributed by atoms with van der Waals surface area (Å²) in [4.78, 5) is 13.5. The summed E-state index contributed by atoms with van der Waals surface area (Å²) >= 11 is 0. The number of benzene rings is 2. The van der Waals surface area contributed by atoms with Crippen LogP contribution in [-0.4, -0.2) is 114 Å². The number of hydrogen-bond donors (Lipinski definition) is 9. The van der Waals surface area contributed by atoms with Gasteiger partial charge in [0, 0.05) is 17.7 Å². The number of phenolic OH excluding ortho intramolecular Hbond substituents is 3. The van der Waals surface area contributed by atoms with Gasteiger partial charge in [-0.05, 0) is 24.3 Å². The molecule has 2 aliphatic heterocycles. The lowest BCUT2D eigenvalue weighted by atomic mass is 9.99. The van der Waals surface area contributed by atoms with E-state index in [2.05, 4.69) is 0 Å². The van der Waals surface area contributed by atoms with E-state index in [9.17, 15) is 50.8 Å². The van der Waals surface area contributed by atoms with Gasteiger partial charge in [-0.1, -0.05) is 0 Å². The van der Waals surface area contributed by atoms with Gasteiger partial charge in [0.2, 0.25) is 17.5 Å². The molecular weight excluding hydrogens is 552 g/mol. The van der Waals surface area contributed by atoms with Crippen molar-refractivity contribution in [2.75, 3.05) is 13.2 Å². The van der Waals surface area contributed by atoms with Crippen LogP contribution < -0.4 is 10.2 Å². The first kappa shape index (κ1) is 29.0. The van der Waals surface area contributed by atoms with E-state index in [1.54, 1.807) is 0 Å². The summed E-state index contributed by atoms with van der Waals surface area (Å²) in [5.74, 6) is -1.97. The second-order valence-corrected chi connectivity index (χ2v) is 9.69. The molecule has 0 amide bonds. The van der Waals surface area contributed by atoms with Crippen molar-refractivity contribution in [1.82, 2.24) is 0 Å². The Bertz CT molecular complexity index is 1440. The van der Waals surface area contributed by atoms with Gasteiger partial charge in [-0.25, -0.2) is 0 Å². The summed E-state index contributed by atoms with van der Waals surface area (Å²) in [5.41, 5.74) is -0.954. The maximum absolute atomic E-state index is 13.5. The van der Waals surface area contributed by atoms with E-state index >= 15 is 0 Å². The van der Waals surface area contributed by atoms with Crippen LogP contribution in [0.3, 0.4) is 0 Å². The molecule has 5 rings (SSSR count). The zero-order chi connectivity index (χ0) is 29.6. The smallest absolute Gasteiger partial charge is 0.239 e. The molecule has 15 nitrogen and oxygen atoms in total. The molecule has 0 bridgehead atoms. The van der Waals surface area contributed by atoms with E-state index in [0.29, 0.717) is 0 Å². The number of rotatable bonds is 6. The number of phenols is 3. The molecule has 1 unspecified atom stereocenters. The molecule has 2 aliphatic rings. The summed E-state index contributed by atoms with van der Waals surface area (Å²) in [5, 5.41) is 90.6. The third-order valence-electron chi connectivity index (χ3n) is 6.83. The van der Waals surface area contributed by atoms with Crippen molar-refractivity contribution in [2.45, 2.75) is 55.3 Å². The van der Waals surface area contributed by atoms with Gasteiger partial charge < -0.3 is 69.3 Å². The molecule has 222 valence electrons. The monoisotopic (exact) mass is 580 g/mol. The molecule has 2 saturated heterocycles. The molecule has 9 atom stereocenters. The van der Waals surface area contributed by atoms with Crippen LogP contribution in [0.15, 0.2) is 45.6 Å². The Morgan fingerprint density at radius 2 is 1.49 bits per heavy atom. The van der Waals surface area contributed by atoms with E-state index in [4.69, 9.17) is 23.4 Å². The molecule has 15 heteroatoms. The highest BCUT2D eigenvalue weighted by Gasteiger charge is 2.47. The zero-order valence-corrected chi connectivity index (χ0v) is 21.0. The Labute approximate surface area is 230 Å². The molecule has 3 aromatic rings. The van der Waals surface area contributed by atoms with Crippen molar-refractivity contribution in [2.24, 2.45) is 0 Å². The average molecular weight is 580 g/mol. The van der Waals surface area contributed by atoms with Gasteiger partial charge in [0.05, 0.1) is 13.2 Å². The summed E-state index contributed by atoms with van der Waals surface area (Å²) in [6.07, 6.45) is -14.8. The fourth-order valence-electron chi connectivity index (χ4n) is 4.56. The number of aliphatic hydroxyl groups is 6. The van der Waals surface area contributed by atoms with Crippen LogP contribution in [0.2, 0.25) is 0 Å². The topological polar surface area (TPSA) is 249 Å². The molecule has 0 aliphatic carbocycles. The highest BCUT2D eigenvalue weighted by atomic mass is 16.7. The van der Waals surface area contributed by atoms with Crippen LogP contribution in [0.4, 0.5) is 0 Å². The van der Waals surface area contributed by atoms with E-state index in [1.165, 1.54) is 24.3 Å². The molecule has 2 aromatic carbocycles. The predicted octanol–water partition coefficient (Wildman–Crippen LogP) is -1.78. The van der Waals surface area contributed by atoms with Gasteiger partial charge in [-0.15, -0.1) is 0 Å². The summed E-state index contributed by atoms with van der Waals surface area (Å²) < 4.78 is 27.6. The average Bonchev–Trinajstić information content (AvgIpc) is 2.93. The first-order chi connectivity index (χ1) is 19.5. The largest absolute Gasteiger partial charge is 0.508 e. The van der Waals surface area contributed by atoms with Gasteiger partial charge in [0.1, 0.15) is 70.9 Å². The van der Waals surface area contributed by atoms with Crippen molar-refractivity contribution in [1.29, 1.82) is 0 Å². The second-order valence-electron chi connectivity index (χ2n) is 9.69. The normalized spacial score (nSPS) is 32.2. The number of hydrogen-bond acceptors (Lipinski definition) is 15.